The predicted octanol–water partition coefficient (Wildman–Crippen LogP) is 9.16. The maximum absolute atomic E-state index is 14.8. The summed E-state index contributed by atoms with van der Waals surface area (Å²) in [6.45, 7) is 0. The number of para-hydroxylation sites is 1. The standard InChI is InChI=1S/C18H3Cl8FO6P.C2H7N/c19-6-7(20)11(24)16-15(10(6)23)30-34(31-16,28-5-3-1-2-4(27)14(5)29-34)32-17-12(25)8(21)9(22)13(26)18(17)33-34;1-3-2/h1-3H;3H,1-2H3/q-1;/p+1. The van der Waals surface area contributed by atoms with Gasteiger partial charge < -0.3 is 5.32 Å². The fraction of sp³-hybridized carbons (Fsp3) is 0.100. The van der Waals surface area contributed by atoms with Crippen LogP contribution in [-0.4, -0.2) is 14.1 Å². The monoisotopic (exact) mass is 691 g/mol. The third kappa shape index (κ3) is 3.62. The van der Waals surface area contributed by atoms with Crippen LogP contribution in [0.15, 0.2) is 18.2 Å². The van der Waals surface area contributed by atoms with Crippen LogP contribution >= 0.6 is 100 Å². The van der Waals surface area contributed by atoms with E-state index in [0.717, 1.165) is 6.07 Å². The van der Waals surface area contributed by atoms with Gasteiger partial charge in [-0.1, -0.05) is 0 Å². The first-order chi connectivity index (χ1) is 17.3. The van der Waals surface area contributed by atoms with Crippen LogP contribution < -0.4 is 32.5 Å². The minimum atomic E-state index is -6.67. The van der Waals surface area contributed by atoms with Gasteiger partial charge in [0.15, 0.2) is 0 Å². The predicted molar refractivity (Wildman–Crippen MR) is 144 cm³/mol. The van der Waals surface area contributed by atoms with Crippen molar-refractivity contribution in [3.63, 3.8) is 0 Å². The molecule has 3 heterocycles. The molecule has 0 fully saturated rings. The molecule has 0 atom stereocenters. The molecule has 17 heteroatoms. The van der Waals surface area contributed by atoms with Crippen LogP contribution in [0.3, 0.4) is 0 Å². The summed E-state index contributed by atoms with van der Waals surface area (Å²) < 4.78 is 50.9. The van der Waals surface area contributed by atoms with Gasteiger partial charge in [0.25, 0.3) is 0 Å². The number of nitrogens with two attached hydrogens (primary N) is 1. The van der Waals surface area contributed by atoms with E-state index in [1.807, 2.05) is 19.4 Å². The quantitative estimate of drug-likeness (QED) is 0.144. The Morgan fingerprint density at radius 2 is 0.865 bits per heavy atom. The van der Waals surface area contributed by atoms with Crippen molar-refractivity contribution in [2.24, 2.45) is 0 Å². The zero-order chi connectivity index (χ0) is 27.1. The van der Waals surface area contributed by atoms with Gasteiger partial charge in [-0.2, -0.15) is 0 Å². The molecule has 2 N–H and O–H groups in total. The van der Waals surface area contributed by atoms with Gasteiger partial charge in [0.1, 0.15) is 0 Å². The summed E-state index contributed by atoms with van der Waals surface area (Å²) in [7, 11) is -2.67. The Labute approximate surface area is 248 Å². The van der Waals surface area contributed by atoms with E-state index in [0.29, 0.717) is 0 Å². The number of fused-ring (bicyclic) bond motifs is 3. The van der Waals surface area contributed by atoms with Crippen LogP contribution in [0, 0.1) is 5.82 Å². The van der Waals surface area contributed by atoms with Crippen LogP contribution in [0.25, 0.3) is 0 Å². The Bertz CT molecular complexity index is 1390. The Morgan fingerprint density at radius 3 is 1.19 bits per heavy atom. The Morgan fingerprint density at radius 1 is 0.541 bits per heavy atom. The number of hydrogen-bond donors (Lipinski definition) is 1. The first-order valence-electron chi connectivity index (χ1n) is 9.92. The maximum atomic E-state index is 14.8. The van der Waals surface area contributed by atoms with Crippen molar-refractivity contribution in [1.82, 2.24) is 0 Å². The second kappa shape index (κ2) is 8.55. The molecule has 0 amide bonds. The van der Waals surface area contributed by atoms with E-state index in [1.165, 1.54) is 12.1 Å². The summed E-state index contributed by atoms with van der Waals surface area (Å²) in [5, 5.41) is 0.207. The van der Waals surface area contributed by atoms with Crippen molar-refractivity contribution in [2.75, 3.05) is 14.1 Å². The zero-order valence-corrected chi connectivity index (χ0v) is 25.0. The van der Waals surface area contributed by atoms with Crippen molar-refractivity contribution in [1.29, 1.82) is 0 Å². The Hall–Kier alpha value is -0.900. The van der Waals surface area contributed by atoms with Crippen LogP contribution in [0.1, 0.15) is 0 Å². The summed E-state index contributed by atoms with van der Waals surface area (Å²) in [5.41, 5.74) is 0. The Balaban J connectivity index is 0.000000892. The van der Waals surface area contributed by atoms with Gasteiger partial charge in [-0.05, 0) is 0 Å². The van der Waals surface area contributed by atoms with Crippen molar-refractivity contribution in [2.45, 2.75) is 0 Å². The topological polar surface area (TPSA) is 72.0 Å². The first kappa shape index (κ1) is 27.7. The van der Waals surface area contributed by atoms with Crippen molar-refractivity contribution >= 4 is 100 Å². The Kier molecular flexibility index (Phi) is 6.39. The van der Waals surface area contributed by atoms with Crippen LogP contribution in [-0.2, 0) is 0 Å². The molecule has 7 nitrogen and oxygen atoms in total. The van der Waals surface area contributed by atoms with E-state index in [2.05, 4.69) is 0 Å². The van der Waals surface area contributed by atoms with E-state index < -0.39 is 18.9 Å². The molecule has 0 radical (unpaired) electrons. The third-order valence-corrected chi connectivity index (χ3v) is 11.9. The molecule has 3 aliphatic rings. The van der Waals surface area contributed by atoms with Gasteiger partial charge >= 0.3 is 230 Å². The molecule has 3 aromatic carbocycles. The van der Waals surface area contributed by atoms with Gasteiger partial charge in [0.2, 0.25) is 0 Å². The van der Waals surface area contributed by atoms with Gasteiger partial charge in [0, 0.05) is 0 Å². The summed E-state index contributed by atoms with van der Waals surface area (Å²) >= 11 is 50.1. The zero-order valence-electron chi connectivity index (χ0n) is 18.1. The van der Waals surface area contributed by atoms with Gasteiger partial charge in [0.05, 0.1) is 14.1 Å². The number of rotatable bonds is 0. The molecule has 1 spiro atoms. The molecular formula is C20H11Cl8FNO6P. The average molecular weight is 695 g/mol. The van der Waals surface area contributed by atoms with Gasteiger partial charge in [-0.3, -0.25) is 0 Å². The molecular weight excluding hydrogens is 684 g/mol. The molecule has 3 aromatic rings. The summed E-state index contributed by atoms with van der Waals surface area (Å²) in [5.74, 6) is -2.89. The van der Waals surface area contributed by atoms with Crippen molar-refractivity contribution in [3.8, 4) is 34.5 Å². The average Bonchev–Trinajstić information content (AvgIpc) is 3.46. The normalized spacial score (nSPS) is 19.5. The fourth-order valence-corrected chi connectivity index (χ4v) is 9.42. The van der Waals surface area contributed by atoms with Crippen molar-refractivity contribution < 1.29 is 36.8 Å². The van der Waals surface area contributed by atoms with E-state index in [1.54, 1.807) is 0 Å². The molecule has 37 heavy (non-hydrogen) atoms. The molecule has 0 saturated carbocycles. The van der Waals surface area contributed by atoms with Gasteiger partial charge in [-0.25, -0.2) is 0 Å². The van der Waals surface area contributed by atoms with Crippen molar-refractivity contribution in [3.05, 3.63) is 64.2 Å². The molecule has 0 aromatic heterocycles. The molecule has 0 bridgehead atoms. The second-order valence-corrected chi connectivity index (χ2v) is 14.0. The van der Waals surface area contributed by atoms with E-state index >= 15 is 0 Å². The minimum absolute atomic E-state index is 0.188. The number of hydrogen-bond acceptors (Lipinski definition) is 6. The van der Waals surface area contributed by atoms with Crippen LogP contribution in [0.5, 0.6) is 34.5 Å². The van der Waals surface area contributed by atoms with E-state index in [4.69, 9.17) is 120 Å². The molecule has 6 rings (SSSR count). The molecule has 3 aliphatic heterocycles. The molecule has 0 aliphatic carbocycles. The summed E-state index contributed by atoms with van der Waals surface area (Å²) in [6.07, 6.45) is 0. The number of halogens is 9. The van der Waals surface area contributed by atoms with E-state index in [9.17, 15) is 4.39 Å². The summed E-state index contributed by atoms with van der Waals surface area (Å²) in [6, 6.07) is 3.76. The van der Waals surface area contributed by atoms with Gasteiger partial charge in [-0.15, -0.1) is 0 Å². The third-order valence-electron chi connectivity index (χ3n) is 4.97. The van der Waals surface area contributed by atoms with Crippen LogP contribution in [0.2, 0.25) is 40.2 Å². The first-order valence-corrected chi connectivity index (χ1v) is 15.1. The number of quaternary nitrogens is 1. The molecule has 0 unspecified atom stereocenters. The number of benzene rings is 3. The second-order valence-electron chi connectivity index (χ2n) is 7.64. The summed E-state index contributed by atoms with van der Waals surface area (Å²) in [4.78, 5) is 0. The SMILES string of the molecule is C[NH2+]C.Fc1cccc2c1O[P-]13(O2)(Oc2c(Cl)c(Cl)c(Cl)c(Cl)c2O1)Oc1c(Cl)c(Cl)c(Cl)c(Cl)c1O3. The molecule has 0 saturated heterocycles. The van der Waals surface area contributed by atoms with Crippen LogP contribution in [0.4, 0.5) is 4.39 Å². The molecule has 200 valence electrons. The van der Waals surface area contributed by atoms with E-state index in [-0.39, 0.29) is 68.9 Å². The fourth-order valence-electron chi connectivity index (χ4n) is 3.57.